The lowest BCUT2D eigenvalue weighted by molar-refractivity contribution is 0.0792. The van der Waals surface area contributed by atoms with Gasteiger partial charge in [0.2, 0.25) is 0 Å². The second kappa shape index (κ2) is 7.01. The van der Waals surface area contributed by atoms with E-state index in [1.54, 1.807) is 23.1 Å². The second-order valence-electron chi connectivity index (χ2n) is 5.88. The molecule has 1 aliphatic heterocycles. The zero-order chi connectivity index (χ0) is 17.1. The van der Waals surface area contributed by atoms with Crippen molar-refractivity contribution < 1.29 is 9.59 Å². The van der Waals surface area contributed by atoms with Crippen molar-refractivity contribution in [3.63, 3.8) is 0 Å². The fourth-order valence-electron chi connectivity index (χ4n) is 2.66. The molecule has 1 fully saturated rings. The Labute approximate surface area is 145 Å². The smallest absolute Gasteiger partial charge is 0.257 e. The van der Waals surface area contributed by atoms with Crippen LogP contribution in [-0.4, -0.2) is 34.8 Å². The summed E-state index contributed by atoms with van der Waals surface area (Å²) in [5.74, 6) is -0.397. The minimum atomic E-state index is -0.321. The SMILES string of the molecule is Cc1ccc(NC(=O)c2cncc(C(=O)N3CCCC3)c2)cc1Cl. The van der Waals surface area contributed by atoms with Crippen LogP contribution in [0.4, 0.5) is 5.69 Å². The van der Waals surface area contributed by atoms with E-state index in [0.717, 1.165) is 31.5 Å². The van der Waals surface area contributed by atoms with Gasteiger partial charge in [-0.15, -0.1) is 0 Å². The summed E-state index contributed by atoms with van der Waals surface area (Å²) in [5.41, 5.74) is 2.32. The summed E-state index contributed by atoms with van der Waals surface area (Å²) in [6.45, 7) is 3.42. The molecule has 1 aliphatic rings. The van der Waals surface area contributed by atoms with Gasteiger partial charge in [0.05, 0.1) is 11.1 Å². The molecule has 5 nitrogen and oxygen atoms in total. The maximum absolute atomic E-state index is 12.4. The van der Waals surface area contributed by atoms with Crippen LogP contribution >= 0.6 is 11.6 Å². The van der Waals surface area contributed by atoms with Gasteiger partial charge < -0.3 is 10.2 Å². The summed E-state index contributed by atoms with van der Waals surface area (Å²) in [7, 11) is 0. The number of hydrogen-bond donors (Lipinski definition) is 1. The number of rotatable bonds is 3. The Bertz CT molecular complexity index is 786. The van der Waals surface area contributed by atoms with Gasteiger partial charge in [0, 0.05) is 36.2 Å². The molecule has 1 N–H and O–H groups in total. The first-order valence-corrected chi connectivity index (χ1v) is 8.24. The molecule has 0 radical (unpaired) electrons. The van der Waals surface area contributed by atoms with E-state index in [1.807, 2.05) is 13.0 Å². The van der Waals surface area contributed by atoms with Crippen LogP contribution in [0.1, 0.15) is 39.1 Å². The predicted molar refractivity (Wildman–Crippen MR) is 93.5 cm³/mol. The van der Waals surface area contributed by atoms with Gasteiger partial charge in [-0.05, 0) is 43.5 Å². The van der Waals surface area contributed by atoms with E-state index in [4.69, 9.17) is 11.6 Å². The molecule has 0 spiro atoms. The number of carbonyl (C=O) groups is 2. The third-order valence-corrected chi connectivity index (χ3v) is 4.48. The number of nitrogens with one attached hydrogen (secondary N) is 1. The molecule has 0 aliphatic carbocycles. The summed E-state index contributed by atoms with van der Waals surface area (Å²) >= 11 is 6.07. The zero-order valence-electron chi connectivity index (χ0n) is 13.4. The van der Waals surface area contributed by atoms with Crippen LogP contribution in [0.25, 0.3) is 0 Å². The molecule has 1 saturated heterocycles. The molecule has 0 saturated carbocycles. The first-order valence-electron chi connectivity index (χ1n) is 7.86. The van der Waals surface area contributed by atoms with Crippen LogP contribution in [0.5, 0.6) is 0 Å². The van der Waals surface area contributed by atoms with Gasteiger partial charge in [-0.25, -0.2) is 0 Å². The van der Waals surface area contributed by atoms with Crippen LogP contribution in [0.3, 0.4) is 0 Å². The molecular weight excluding hydrogens is 326 g/mol. The van der Waals surface area contributed by atoms with Gasteiger partial charge in [0.1, 0.15) is 0 Å². The van der Waals surface area contributed by atoms with Crippen molar-refractivity contribution in [3.05, 3.63) is 58.4 Å². The Morgan fingerprint density at radius 3 is 2.54 bits per heavy atom. The Kier molecular flexibility index (Phi) is 4.81. The number of anilines is 1. The van der Waals surface area contributed by atoms with Gasteiger partial charge in [-0.2, -0.15) is 0 Å². The largest absolute Gasteiger partial charge is 0.339 e. The standard InChI is InChI=1S/C18H18ClN3O2/c1-12-4-5-15(9-16(12)19)21-17(23)13-8-14(11-20-10-13)18(24)22-6-2-3-7-22/h4-5,8-11H,2-3,6-7H2,1H3,(H,21,23). The van der Waals surface area contributed by atoms with Crippen LogP contribution in [0.2, 0.25) is 5.02 Å². The molecule has 124 valence electrons. The number of aryl methyl sites for hydroxylation is 1. The van der Waals surface area contributed by atoms with E-state index >= 15 is 0 Å². The van der Waals surface area contributed by atoms with E-state index in [2.05, 4.69) is 10.3 Å². The highest BCUT2D eigenvalue weighted by Gasteiger charge is 2.20. The van der Waals surface area contributed by atoms with Crippen LogP contribution in [0.15, 0.2) is 36.7 Å². The normalized spacial score (nSPS) is 13.8. The minimum absolute atomic E-state index is 0.0759. The van der Waals surface area contributed by atoms with Crippen molar-refractivity contribution in [2.45, 2.75) is 19.8 Å². The van der Waals surface area contributed by atoms with Gasteiger partial charge in [-0.1, -0.05) is 17.7 Å². The lowest BCUT2D eigenvalue weighted by Crippen LogP contribution is -2.28. The fraction of sp³-hybridized carbons (Fsp3) is 0.278. The van der Waals surface area contributed by atoms with Crippen molar-refractivity contribution in [3.8, 4) is 0 Å². The Hall–Kier alpha value is -2.40. The van der Waals surface area contributed by atoms with Crippen molar-refractivity contribution >= 4 is 29.1 Å². The maximum atomic E-state index is 12.4. The molecule has 24 heavy (non-hydrogen) atoms. The molecule has 3 rings (SSSR count). The number of nitrogens with zero attached hydrogens (tertiary/aromatic N) is 2. The molecule has 0 unspecified atom stereocenters. The summed E-state index contributed by atoms with van der Waals surface area (Å²) in [6, 6.07) is 6.90. The number of pyridine rings is 1. The zero-order valence-corrected chi connectivity index (χ0v) is 14.1. The fourth-order valence-corrected chi connectivity index (χ4v) is 2.84. The van der Waals surface area contributed by atoms with Crippen molar-refractivity contribution in [1.29, 1.82) is 0 Å². The molecule has 2 heterocycles. The number of hydrogen-bond acceptors (Lipinski definition) is 3. The number of carbonyl (C=O) groups excluding carboxylic acids is 2. The Morgan fingerprint density at radius 2 is 1.83 bits per heavy atom. The molecule has 1 aromatic heterocycles. The molecule has 1 aromatic carbocycles. The highest BCUT2D eigenvalue weighted by Crippen LogP contribution is 2.20. The summed E-state index contributed by atoms with van der Waals surface area (Å²) in [6.07, 6.45) is 4.99. The number of aromatic nitrogens is 1. The third-order valence-electron chi connectivity index (χ3n) is 4.07. The van der Waals surface area contributed by atoms with Crippen LogP contribution in [0, 0.1) is 6.92 Å². The maximum Gasteiger partial charge on any atom is 0.257 e. The van der Waals surface area contributed by atoms with Gasteiger partial charge in [0.15, 0.2) is 0 Å². The first-order chi connectivity index (χ1) is 11.5. The van der Waals surface area contributed by atoms with Crippen molar-refractivity contribution in [2.24, 2.45) is 0 Å². The highest BCUT2D eigenvalue weighted by molar-refractivity contribution is 6.31. The molecule has 2 amide bonds. The van der Waals surface area contributed by atoms with E-state index in [0.29, 0.717) is 21.8 Å². The molecule has 0 atom stereocenters. The van der Waals surface area contributed by atoms with E-state index in [9.17, 15) is 9.59 Å². The average molecular weight is 344 g/mol. The number of amides is 2. The average Bonchev–Trinajstić information content (AvgIpc) is 3.12. The van der Waals surface area contributed by atoms with E-state index in [-0.39, 0.29) is 11.8 Å². The first kappa shape index (κ1) is 16.5. The van der Waals surface area contributed by atoms with Crippen molar-refractivity contribution in [2.75, 3.05) is 18.4 Å². The predicted octanol–water partition coefficient (Wildman–Crippen LogP) is 3.53. The summed E-state index contributed by atoms with van der Waals surface area (Å²) in [4.78, 5) is 30.6. The number of likely N-dealkylation sites (tertiary alicyclic amines) is 1. The van der Waals surface area contributed by atoms with Gasteiger partial charge in [0.25, 0.3) is 11.8 Å². The van der Waals surface area contributed by atoms with Gasteiger partial charge >= 0.3 is 0 Å². The summed E-state index contributed by atoms with van der Waals surface area (Å²) < 4.78 is 0. The third kappa shape index (κ3) is 3.57. The highest BCUT2D eigenvalue weighted by atomic mass is 35.5. The van der Waals surface area contributed by atoms with Crippen LogP contribution in [-0.2, 0) is 0 Å². The minimum Gasteiger partial charge on any atom is -0.339 e. The lowest BCUT2D eigenvalue weighted by Gasteiger charge is -2.15. The molecular formula is C18H18ClN3O2. The number of benzene rings is 1. The second-order valence-corrected chi connectivity index (χ2v) is 6.29. The summed E-state index contributed by atoms with van der Waals surface area (Å²) in [5, 5.41) is 3.36. The van der Waals surface area contributed by atoms with E-state index in [1.165, 1.54) is 12.4 Å². The molecule has 6 heteroatoms. The van der Waals surface area contributed by atoms with Crippen LogP contribution < -0.4 is 5.32 Å². The Morgan fingerprint density at radius 1 is 1.12 bits per heavy atom. The van der Waals surface area contributed by atoms with Gasteiger partial charge in [-0.3, -0.25) is 14.6 Å². The monoisotopic (exact) mass is 343 g/mol. The quantitative estimate of drug-likeness (QED) is 0.927. The van der Waals surface area contributed by atoms with E-state index < -0.39 is 0 Å². The molecule has 0 bridgehead atoms. The molecule has 2 aromatic rings. The lowest BCUT2D eigenvalue weighted by atomic mass is 10.1. The van der Waals surface area contributed by atoms with Crippen molar-refractivity contribution in [1.82, 2.24) is 9.88 Å². The Balaban J connectivity index is 1.76. The topological polar surface area (TPSA) is 62.3 Å². The number of halogens is 1.